The van der Waals surface area contributed by atoms with Crippen molar-refractivity contribution in [3.05, 3.63) is 48.0 Å². The number of phenols is 1. The summed E-state index contributed by atoms with van der Waals surface area (Å²) in [5.74, 6) is 0.311. The van der Waals surface area contributed by atoms with E-state index in [1.54, 1.807) is 23.6 Å². The van der Waals surface area contributed by atoms with Crippen LogP contribution in [0.1, 0.15) is 0 Å². The van der Waals surface area contributed by atoms with Crippen molar-refractivity contribution in [3.8, 4) is 16.9 Å². The van der Waals surface area contributed by atoms with Crippen LogP contribution in [0.4, 0.5) is 0 Å². The average molecular weight is 227 g/mol. The largest absolute Gasteiger partial charge is 0.507 e. The van der Waals surface area contributed by atoms with Crippen molar-refractivity contribution < 1.29 is 5.11 Å². The predicted octanol–water partition coefficient (Wildman–Crippen LogP) is 3.67. The number of hydrogen-bond donors (Lipinski definition) is 1. The van der Waals surface area contributed by atoms with E-state index in [-0.39, 0.29) is 0 Å². The number of para-hydroxylation sites is 1. The Kier molecular flexibility index (Phi) is 2.11. The van der Waals surface area contributed by atoms with Crippen LogP contribution in [0, 0.1) is 0 Å². The van der Waals surface area contributed by atoms with Gasteiger partial charge in [-0.25, -0.2) is 4.98 Å². The molecule has 78 valence electrons. The molecule has 0 saturated heterocycles. The van der Waals surface area contributed by atoms with Gasteiger partial charge in [0.2, 0.25) is 0 Å². The molecule has 0 aliphatic carbocycles. The van der Waals surface area contributed by atoms with Crippen LogP contribution in [0.5, 0.6) is 5.75 Å². The van der Waals surface area contributed by atoms with Crippen LogP contribution in [0.3, 0.4) is 0 Å². The Morgan fingerprint density at radius 1 is 1.00 bits per heavy atom. The number of thiophene rings is 1. The van der Waals surface area contributed by atoms with Crippen LogP contribution in [-0.4, -0.2) is 10.1 Å². The Morgan fingerprint density at radius 2 is 1.88 bits per heavy atom. The molecule has 2 nitrogen and oxygen atoms in total. The van der Waals surface area contributed by atoms with Gasteiger partial charge in [-0.3, -0.25) is 0 Å². The lowest BCUT2D eigenvalue weighted by molar-refractivity contribution is 0.477. The van der Waals surface area contributed by atoms with Gasteiger partial charge in [-0.1, -0.05) is 18.2 Å². The lowest BCUT2D eigenvalue weighted by Crippen LogP contribution is -1.77. The molecule has 3 heteroatoms. The van der Waals surface area contributed by atoms with Crippen LogP contribution in [-0.2, 0) is 0 Å². The van der Waals surface area contributed by atoms with Crippen molar-refractivity contribution >= 4 is 21.6 Å². The topological polar surface area (TPSA) is 33.1 Å². The van der Waals surface area contributed by atoms with Gasteiger partial charge in [0.15, 0.2) is 0 Å². The molecule has 0 radical (unpaired) electrons. The van der Waals surface area contributed by atoms with Crippen molar-refractivity contribution in [2.45, 2.75) is 0 Å². The van der Waals surface area contributed by atoms with Gasteiger partial charge in [0.05, 0.1) is 0 Å². The van der Waals surface area contributed by atoms with E-state index in [0.29, 0.717) is 5.75 Å². The Balaban J connectivity index is 2.31. The van der Waals surface area contributed by atoms with E-state index in [1.165, 1.54) is 0 Å². The predicted molar refractivity (Wildman–Crippen MR) is 66.7 cm³/mol. The molecule has 0 spiro atoms. The second-order valence-electron chi connectivity index (χ2n) is 3.52. The highest BCUT2D eigenvalue weighted by molar-refractivity contribution is 7.17. The third kappa shape index (κ3) is 1.37. The number of fused-ring (bicyclic) bond motifs is 1. The number of aromatic nitrogens is 1. The number of pyridine rings is 1. The van der Waals surface area contributed by atoms with Gasteiger partial charge in [0.25, 0.3) is 0 Å². The molecule has 2 aromatic heterocycles. The molecule has 0 aliphatic heterocycles. The fourth-order valence-electron chi connectivity index (χ4n) is 1.78. The van der Waals surface area contributed by atoms with Crippen molar-refractivity contribution in [1.29, 1.82) is 0 Å². The SMILES string of the molecule is Oc1ccccc1-c1csc2ncccc12. The summed E-state index contributed by atoms with van der Waals surface area (Å²) in [6.45, 7) is 0. The molecule has 1 N–H and O–H groups in total. The molecule has 0 bridgehead atoms. The van der Waals surface area contributed by atoms with Crippen molar-refractivity contribution in [1.82, 2.24) is 4.98 Å². The number of hydrogen-bond acceptors (Lipinski definition) is 3. The highest BCUT2D eigenvalue weighted by Gasteiger charge is 2.09. The van der Waals surface area contributed by atoms with Crippen LogP contribution < -0.4 is 0 Å². The summed E-state index contributed by atoms with van der Waals surface area (Å²) in [7, 11) is 0. The highest BCUT2D eigenvalue weighted by Crippen LogP contribution is 2.36. The lowest BCUT2D eigenvalue weighted by Gasteiger charge is -2.02. The van der Waals surface area contributed by atoms with E-state index in [4.69, 9.17) is 0 Å². The summed E-state index contributed by atoms with van der Waals surface area (Å²) in [6, 6.07) is 11.3. The van der Waals surface area contributed by atoms with E-state index in [1.807, 2.05) is 35.7 Å². The molecular weight excluding hydrogens is 218 g/mol. The fraction of sp³-hybridized carbons (Fsp3) is 0. The summed E-state index contributed by atoms with van der Waals surface area (Å²) in [5, 5.41) is 13.0. The highest BCUT2D eigenvalue weighted by atomic mass is 32.1. The summed E-state index contributed by atoms with van der Waals surface area (Å²) < 4.78 is 0. The van der Waals surface area contributed by atoms with E-state index in [2.05, 4.69) is 4.98 Å². The second-order valence-corrected chi connectivity index (χ2v) is 4.38. The first kappa shape index (κ1) is 9.36. The van der Waals surface area contributed by atoms with E-state index in [0.717, 1.165) is 21.3 Å². The van der Waals surface area contributed by atoms with Gasteiger partial charge in [-0.2, -0.15) is 0 Å². The first-order chi connectivity index (χ1) is 7.86. The van der Waals surface area contributed by atoms with E-state index >= 15 is 0 Å². The van der Waals surface area contributed by atoms with Crippen LogP contribution in [0.2, 0.25) is 0 Å². The molecule has 16 heavy (non-hydrogen) atoms. The zero-order valence-corrected chi connectivity index (χ0v) is 9.24. The van der Waals surface area contributed by atoms with Gasteiger partial charge in [0.1, 0.15) is 10.6 Å². The molecule has 1 aromatic carbocycles. The van der Waals surface area contributed by atoms with Crippen molar-refractivity contribution in [3.63, 3.8) is 0 Å². The maximum atomic E-state index is 9.83. The molecule has 3 rings (SSSR count). The second kappa shape index (κ2) is 3.61. The van der Waals surface area contributed by atoms with Gasteiger partial charge >= 0.3 is 0 Å². The van der Waals surface area contributed by atoms with E-state index in [9.17, 15) is 5.11 Å². The Bertz CT molecular complexity index is 645. The Hall–Kier alpha value is -1.87. The standard InChI is InChI=1S/C13H9NOS/c15-12-6-2-1-4-9(12)11-8-16-13-10(11)5-3-7-14-13/h1-8,15H. The smallest absolute Gasteiger partial charge is 0.123 e. The Morgan fingerprint density at radius 3 is 2.75 bits per heavy atom. The minimum Gasteiger partial charge on any atom is -0.507 e. The van der Waals surface area contributed by atoms with Gasteiger partial charge in [-0.05, 0) is 18.2 Å². The summed E-state index contributed by atoms with van der Waals surface area (Å²) >= 11 is 1.60. The first-order valence-electron chi connectivity index (χ1n) is 4.97. The number of rotatable bonds is 1. The summed E-state index contributed by atoms with van der Waals surface area (Å²) in [5.41, 5.74) is 1.91. The van der Waals surface area contributed by atoms with Crippen LogP contribution >= 0.6 is 11.3 Å². The lowest BCUT2D eigenvalue weighted by atomic mass is 10.1. The minimum atomic E-state index is 0.311. The average Bonchev–Trinajstić information content (AvgIpc) is 2.74. The van der Waals surface area contributed by atoms with Crippen LogP contribution in [0.25, 0.3) is 21.3 Å². The number of nitrogens with zero attached hydrogens (tertiary/aromatic N) is 1. The number of aromatic hydroxyl groups is 1. The molecule has 0 aliphatic rings. The first-order valence-corrected chi connectivity index (χ1v) is 5.85. The summed E-state index contributed by atoms with van der Waals surface area (Å²) in [4.78, 5) is 5.29. The monoisotopic (exact) mass is 227 g/mol. The molecule has 0 amide bonds. The van der Waals surface area contributed by atoms with Gasteiger partial charge < -0.3 is 5.11 Å². The number of phenolic OH excluding ortho intramolecular Hbond substituents is 1. The third-order valence-corrected chi connectivity index (χ3v) is 3.45. The zero-order valence-electron chi connectivity index (χ0n) is 8.42. The molecule has 0 atom stereocenters. The normalized spacial score (nSPS) is 10.8. The maximum Gasteiger partial charge on any atom is 0.123 e. The zero-order chi connectivity index (χ0) is 11.0. The minimum absolute atomic E-state index is 0.311. The van der Waals surface area contributed by atoms with E-state index < -0.39 is 0 Å². The molecule has 0 fully saturated rings. The van der Waals surface area contributed by atoms with Crippen molar-refractivity contribution in [2.24, 2.45) is 0 Å². The molecular formula is C13H9NOS. The Labute approximate surface area is 96.8 Å². The quantitative estimate of drug-likeness (QED) is 0.688. The molecule has 0 saturated carbocycles. The fourth-order valence-corrected chi connectivity index (χ4v) is 2.69. The maximum absolute atomic E-state index is 9.83. The molecule has 2 heterocycles. The number of benzene rings is 1. The van der Waals surface area contributed by atoms with Crippen LogP contribution in [0.15, 0.2) is 48.0 Å². The third-order valence-electron chi connectivity index (χ3n) is 2.54. The molecule has 0 unspecified atom stereocenters. The molecule has 3 aromatic rings. The van der Waals surface area contributed by atoms with Crippen molar-refractivity contribution in [2.75, 3.05) is 0 Å². The van der Waals surface area contributed by atoms with Gasteiger partial charge in [0, 0.05) is 28.1 Å². The van der Waals surface area contributed by atoms with Gasteiger partial charge in [-0.15, -0.1) is 11.3 Å². The summed E-state index contributed by atoms with van der Waals surface area (Å²) in [6.07, 6.45) is 1.79.